The Morgan fingerprint density at radius 1 is 1.08 bits per heavy atom. The Morgan fingerprint density at radius 3 is 2.62 bits per heavy atom. The maximum atomic E-state index is 9.87. The number of hydrogen-bond donors (Lipinski definition) is 2. The molecule has 1 saturated heterocycles. The van der Waals surface area contributed by atoms with Gasteiger partial charge in [0.1, 0.15) is 5.75 Å². The average molecular weight is 387 g/mol. The Kier molecular flexibility index (Phi) is 5.07. The maximum Gasteiger partial charge on any atom is 0.116 e. The first-order valence-electron chi connectivity index (χ1n) is 8.09. The predicted octanol–water partition coefficient (Wildman–Crippen LogP) is 4.80. The van der Waals surface area contributed by atoms with E-state index in [-0.39, 0.29) is 13.3 Å². The van der Waals surface area contributed by atoms with E-state index in [1.165, 1.54) is 11.1 Å². The van der Waals surface area contributed by atoms with Crippen molar-refractivity contribution in [3.8, 4) is 5.75 Å². The van der Waals surface area contributed by atoms with Crippen LogP contribution in [-0.4, -0.2) is 23.2 Å². The van der Waals surface area contributed by atoms with Crippen LogP contribution in [0.15, 0.2) is 34.9 Å². The van der Waals surface area contributed by atoms with E-state index in [2.05, 4.69) is 45.5 Å². The van der Waals surface area contributed by atoms with Crippen molar-refractivity contribution in [3.05, 3.63) is 57.3 Å². The molecule has 0 saturated carbocycles. The molecular weight excluding hydrogens is 364 g/mol. The summed E-state index contributed by atoms with van der Waals surface area (Å²) < 4.78 is 0.999. The Hall–Kier alpha value is -1.65. The van der Waals surface area contributed by atoms with E-state index in [0.717, 1.165) is 41.7 Å². The fourth-order valence-corrected chi connectivity index (χ4v) is 4.18. The minimum atomic E-state index is 0. The zero-order valence-electron chi connectivity index (χ0n) is 12.8. The lowest BCUT2D eigenvalue weighted by atomic mass is 9.76. The van der Waals surface area contributed by atoms with E-state index in [0.29, 0.717) is 11.7 Å². The van der Waals surface area contributed by atoms with Gasteiger partial charge in [-0.25, -0.2) is 0 Å². The van der Waals surface area contributed by atoms with E-state index in [1.54, 1.807) is 6.07 Å². The topological polar surface area (TPSA) is 45.2 Å². The molecular formula is C20H23BrN2O. The number of benzene rings is 1. The van der Waals surface area contributed by atoms with Crippen LogP contribution in [0.1, 0.15) is 48.6 Å². The summed E-state index contributed by atoms with van der Waals surface area (Å²) in [7, 11) is 0. The number of piperidine rings is 1. The summed E-state index contributed by atoms with van der Waals surface area (Å²) >= 11 is 3.53. The summed E-state index contributed by atoms with van der Waals surface area (Å²) in [5.74, 6) is 1.18. The molecule has 1 aromatic carbocycles. The molecule has 1 unspecified atom stereocenters. The van der Waals surface area contributed by atoms with E-state index >= 15 is 0 Å². The second-order valence-corrected chi connectivity index (χ2v) is 7.26. The Labute approximate surface area is 152 Å². The highest BCUT2D eigenvalue weighted by atomic mass is 79.9. The van der Waals surface area contributed by atoms with Crippen LogP contribution in [0.25, 0.3) is 12.2 Å². The van der Waals surface area contributed by atoms with Gasteiger partial charge in [-0.2, -0.15) is 0 Å². The zero-order valence-corrected chi connectivity index (χ0v) is 14.4. The van der Waals surface area contributed by atoms with Gasteiger partial charge in [-0.3, -0.25) is 4.98 Å². The molecule has 0 radical (unpaired) electrons. The van der Waals surface area contributed by atoms with Gasteiger partial charge in [-0.15, -0.1) is 0 Å². The quantitative estimate of drug-likeness (QED) is 0.739. The third-order valence-corrected chi connectivity index (χ3v) is 5.35. The van der Waals surface area contributed by atoms with Crippen LogP contribution in [-0.2, 0) is 0 Å². The number of phenols is 1. The SMILES string of the molecule is C.Oc1ccc2c(c1)C=Cc1cc(Br)cnc1C2C1CCNCC1. The lowest BCUT2D eigenvalue weighted by molar-refractivity contribution is 0.338. The van der Waals surface area contributed by atoms with E-state index in [1.807, 2.05) is 12.3 Å². The highest BCUT2D eigenvalue weighted by Gasteiger charge is 2.31. The van der Waals surface area contributed by atoms with Gasteiger partial charge in [0.15, 0.2) is 0 Å². The first-order valence-corrected chi connectivity index (χ1v) is 8.89. The summed E-state index contributed by atoms with van der Waals surface area (Å²) in [5.41, 5.74) is 4.70. The van der Waals surface area contributed by atoms with Crippen molar-refractivity contribution >= 4 is 28.1 Å². The second-order valence-electron chi connectivity index (χ2n) is 6.34. The van der Waals surface area contributed by atoms with Crippen molar-refractivity contribution in [1.82, 2.24) is 10.3 Å². The third-order valence-electron chi connectivity index (χ3n) is 4.91. The van der Waals surface area contributed by atoms with Crippen LogP contribution in [0.5, 0.6) is 5.75 Å². The van der Waals surface area contributed by atoms with Crippen molar-refractivity contribution in [3.63, 3.8) is 0 Å². The number of aromatic hydroxyl groups is 1. The molecule has 4 heteroatoms. The molecule has 1 atom stereocenters. The summed E-state index contributed by atoms with van der Waals surface area (Å²) in [4.78, 5) is 4.78. The number of fused-ring (bicyclic) bond motifs is 2. The third kappa shape index (κ3) is 3.13. The lowest BCUT2D eigenvalue weighted by Crippen LogP contribution is -2.31. The number of nitrogens with one attached hydrogen (secondary N) is 1. The molecule has 2 aliphatic rings. The van der Waals surface area contributed by atoms with Crippen molar-refractivity contribution < 1.29 is 5.11 Å². The van der Waals surface area contributed by atoms with Crippen molar-refractivity contribution in [2.75, 3.05) is 13.1 Å². The molecule has 1 aliphatic heterocycles. The molecule has 0 bridgehead atoms. The number of nitrogens with zero attached hydrogens (tertiary/aromatic N) is 1. The van der Waals surface area contributed by atoms with Crippen LogP contribution in [0, 0.1) is 5.92 Å². The van der Waals surface area contributed by atoms with Crippen molar-refractivity contribution in [2.45, 2.75) is 26.2 Å². The molecule has 1 aliphatic carbocycles. The standard InChI is InChI=1S/C19H19BrN2O.CH4/c20-15-9-14-2-1-13-10-16(23)3-4-17(13)18(19(14)22-11-15)12-5-7-21-8-6-12;/h1-4,9-12,18,21,23H,5-8H2;1H4. The second kappa shape index (κ2) is 7.08. The van der Waals surface area contributed by atoms with Gasteiger partial charge in [-0.1, -0.05) is 25.6 Å². The number of phenolic OH excluding ortho intramolecular Hbond substituents is 1. The van der Waals surface area contributed by atoms with Gasteiger partial charge < -0.3 is 10.4 Å². The smallest absolute Gasteiger partial charge is 0.116 e. The number of rotatable bonds is 1. The van der Waals surface area contributed by atoms with Gasteiger partial charge in [0.2, 0.25) is 0 Å². The summed E-state index contributed by atoms with van der Waals surface area (Å²) in [6.07, 6.45) is 8.42. The maximum absolute atomic E-state index is 9.87. The van der Waals surface area contributed by atoms with E-state index in [4.69, 9.17) is 4.98 Å². The summed E-state index contributed by atoms with van der Waals surface area (Å²) in [6.45, 7) is 2.13. The molecule has 0 spiro atoms. The van der Waals surface area contributed by atoms with Crippen LogP contribution < -0.4 is 5.32 Å². The number of pyridine rings is 1. The van der Waals surface area contributed by atoms with E-state index in [9.17, 15) is 5.11 Å². The van der Waals surface area contributed by atoms with Crippen LogP contribution in [0.3, 0.4) is 0 Å². The first-order chi connectivity index (χ1) is 11.2. The molecule has 24 heavy (non-hydrogen) atoms. The van der Waals surface area contributed by atoms with Crippen LogP contribution >= 0.6 is 15.9 Å². The largest absolute Gasteiger partial charge is 0.508 e. The van der Waals surface area contributed by atoms with Gasteiger partial charge >= 0.3 is 0 Å². The normalized spacial score (nSPS) is 19.8. The molecule has 126 valence electrons. The van der Waals surface area contributed by atoms with Gasteiger partial charge in [-0.05, 0) is 82.7 Å². The Morgan fingerprint density at radius 2 is 1.83 bits per heavy atom. The van der Waals surface area contributed by atoms with Crippen LogP contribution in [0.2, 0.25) is 0 Å². The molecule has 2 aromatic rings. The van der Waals surface area contributed by atoms with Crippen molar-refractivity contribution in [1.29, 1.82) is 0 Å². The fraction of sp³-hybridized carbons (Fsp3) is 0.350. The molecule has 1 aromatic heterocycles. The van der Waals surface area contributed by atoms with Gasteiger partial charge in [0.25, 0.3) is 0 Å². The molecule has 1 fully saturated rings. The Balaban J connectivity index is 0.00000169. The summed E-state index contributed by atoms with van der Waals surface area (Å²) in [5, 5.41) is 13.3. The number of aromatic nitrogens is 1. The fourth-order valence-electron chi connectivity index (χ4n) is 3.83. The monoisotopic (exact) mass is 386 g/mol. The zero-order chi connectivity index (χ0) is 15.8. The van der Waals surface area contributed by atoms with Crippen molar-refractivity contribution in [2.24, 2.45) is 5.92 Å². The molecule has 4 rings (SSSR count). The predicted molar refractivity (Wildman–Crippen MR) is 103 cm³/mol. The molecule has 2 heterocycles. The number of halogens is 1. The van der Waals surface area contributed by atoms with Gasteiger partial charge in [0.05, 0.1) is 5.69 Å². The van der Waals surface area contributed by atoms with E-state index < -0.39 is 0 Å². The average Bonchev–Trinajstić information content (AvgIpc) is 2.72. The molecule has 2 N–H and O–H groups in total. The van der Waals surface area contributed by atoms with Gasteiger partial charge in [0, 0.05) is 16.6 Å². The highest BCUT2D eigenvalue weighted by Crippen LogP contribution is 2.42. The molecule has 0 amide bonds. The first kappa shape index (κ1) is 17.2. The summed E-state index contributed by atoms with van der Waals surface area (Å²) in [6, 6.07) is 7.87. The number of hydrogen-bond acceptors (Lipinski definition) is 3. The minimum absolute atomic E-state index is 0. The van der Waals surface area contributed by atoms with Crippen LogP contribution in [0.4, 0.5) is 0 Å². The Bertz CT molecular complexity index is 711. The highest BCUT2D eigenvalue weighted by molar-refractivity contribution is 9.10. The molecule has 3 nitrogen and oxygen atoms in total. The lowest BCUT2D eigenvalue weighted by Gasteiger charge is -2.32. The minimum Gasteiger partial charge on any atom is -0.508 e.